The standard InChI is InChI=1S/C21H24N2O4/c1-26-21(25)10-15-2-4-16(5-3-15)14-27-20-9-7-18(12-23-20)19-8-6-17(13-24)11-22-19/h6-9,11-13,15-16H,2-5,10,14H2,1H3. The lowest BCUT2D eigenvalue weighted by molar-refractivity contribution is -0.142. The molecule has 0 atom stereocenters. The van der Waals surface area contributed by atoms with E-state index in [1.54, 1.807) is 24.5 Å². The minimum atomic E-state index is -0.116. The van der Waals surface area contributed by atoms with Gasteiger partial charge >= 0.3 is 5.97 Å². The van der Waals surface area contributed by atoms with Gasteiger partial charge < -0.3 is 9.47 Å². The highest BCUT2D eigenvalue weighted by Crippen LogP contribution is 2.31. The van der Waals surface area contributed by atoms with E-state index in [0.717, 1.165) is 43.2 Å². The predicted molar refractivity (Wildman–Crippen MR) is 100 cm³/mol. The average Bonchev–Trinajstić information content (AvgIpc) is 2.73. The van der Waals surface area contributed by atoms with E-state index in [2.05, 4.69) is 9.97 Å². The molecule has 142 valence electrons. The molecule has 0 N–H and O–H groups in total. The SMILES string of the molecule is COC(=O)CC1CCC(COc2ccc(-c3ccc(C=O)cn3)cn2)CC1. The highest BCUT2D eigenvalue weighted by Gasteiger charge is 2.23. The molecule has 0 aromatic carbocycles. The molecule has 6 heteroatoms. The molecular weight excluding hydrogens is 344 g/mol. The van der Waals surface area contributed by atoms with Crippen molar-refractivity contribution >= 4 is 12.3 Å². The highest BCUT2D eigenvalue weighted by atomic mass is 16.5. The van der Waals surface area contributed by atoms with Crippen LogP contribution in [0.15, 0.2) is 36.7 Å². The first kappa shape index (κ1) is 19.0. The Morgan fingerprint density at radius 1 is 1.07 bits per heavy atom. The van der Waals surface area contributed by atoms with E-state index in [1.165, 1.54) is 7.11 Å². The molecule has 0 amide bonds. The number of hydrogen-bond acceptors (Lipinski definition) is 6. The Labute approximate surface area is 158 Å². The first-order chi connectivity index (χ1) is 13.2. The van der Waals surface area contributed by atoms with Crippen LogP contribution in [0.2, 0.25) is 0 Å². The number of carbonyl (C=O) groups excluding carboxylic acids is 2. The van der Waals surface area contributed by atoms with Crippen molar-refractivity contribution in [1.29, 1.82) is 0 Å². The van der Waals surface area contributed by atoms with Gasteiger partial charge in [0.25, 0.3) is 0 Å². The van der Waals surface area contributed by atoms with E-state index in [4.69, 9.17) is 9.47 Å². The van der Waals surface area contributed by atoms with Gasteiger partial charge in [-0.05, 0) is 55.7 Å². The van der Waals surface area contributed by atoms with Crippen molar-refractivity contribution in [3.05, 3.63) is 42.2 Å². The molecule has 6 nitrogen and oxygen atoms in total. The van der Waals surface area contributed by atoms with Crippen molar-refractivity contribution in [3.63, 3.8) is 0 Å². The molecule has 1 fully saturated rings. The van der Waals surface area contributed by atoms with Gasteiger partial charge in [0.05, 0.1) is 19.4 Å². The largest absolute Gasteiger partial charge is 0.477 e. The maximum Gasteiger partial charge on any atom is 0.305 e. The first-order valence-corrected chi connectivity index (χ1v) is 9.25. The third-order valence-corrected chi connectivity index (χ3v) is 5.07. The van der Waals surface area contributed by atoms with Gasteiger partial charge in [-0.25, -0.2) is 4.98 Å². The second-order valence-corrected chi connectivity index (χ2v) is 6.96. The molecular formula is C21H24N2O4. The Hall–Kier alpha value is -2.76. The molecule has 2 aromatic heterocycles. The van der Waals surface area contributed by atoms with Gasteiger partial charge in [0.2, 0.25) is 5.88 Å². The van der Waals surface area contributed by atoms with E-state index in [-0.39, 0.29) is 5.97 Å². The summed E-state index contributed by atoms with van der Waals surface area (Å²) in [7, 11) is 1.44. The number of rotatable bonds is 7. The highest BCUT2D eigenvalue weighted by molar-refractivity contribution is 5.75. The maximum atomic E-state index is 11.4. The number of esters is 1. The van der Waals surface area contributed by atoms with Crippen LogP contribution in [-0.2, 0) is 9.53 Å². The second kappa shape index (κ2) is 9.26. The maximum absolute atomic E-state index is 11.4. The van der Waals surface area contributed by atoms with Crippen molar-refractivity contribution in [3.8, 4) is 17.1 Å². The Morgan fingerprint density at radius 3 is 2.44 bits per heavy atom. The van der Waals surface area contributed by atoms with Crippen LogP contribution in [0.1, 0.15) is 42.5 Å². The molecule has 0 bridgehead atoms. The van der Waals surface area contributed by atoms with Gasteiger partial charge in [-0.2, -0.15) is 0 Å². The van der Waals surface area contributed by atoms with Crippen LogP contribution in [-0.4, -0.2) is 35.9 Å². The smallest absolute Gasteiger partial charge is 0.305 e. The lowest BCUT2D eigenvalue weighted by Gasteiger charge is -2.27. The average molecular weight is 368 g/mol. The third kappa shape index (κ3) is 5.36. The molecule has 3 rings (SSSR count). The van der Waals surface area contributed by atoms with E-state index >= 15 is 0 Å². The molecule has 2 aromatic rings. The molecule has 27 heavy (non-hydrogen) atoms. The zero-order chi connectivity index (χ0) is 19.1. The summed E-state index contributed by atoms with van der Waals surface area (Å²) in [6.45, 7) is 0.642. The monoisotopic (exact) mass is 368 g/mol. The van der Waals surface area contributed by atoms with Crippen molar-refractivity contribution in [1.82, 2.24) is 9.97 Å². The summed E-state index contributed by atoms with van der Waals surface area (Å²) in [5.74, 6) is 1.41. The quantitative estimate of drug-likeness (QED) is 0.548. The summed E-state index contributed by atoms with van der Waals surface area (Å²) < 4.78 is 10.6. The number of aldehydes is 1. The Morgan fingerprint density at radius 2 is 1.85 bits per heavy atom. The zero-order valence-corrected chi connectivity index (χ0v) is 15.5. The van der Waals surface area contributed by atoms with Crippen LogP contribution in [0.4, 0.5) is 0 Å². The number of ether oxygens (including phenoxy) is 2. The van der Waals surface area contributed by atoms with Gasteiger partial charge in [-0.15, -0.1) is 0 Å². The Balaban J connectivity index is 1.46. The first-order valence-electron chi connectivity index (χ1n) is 9.25. The number of nitrogens with zero attached hydrogens (tertiary/aromatic N) is 2. The lowest BCUT2D eigenvalue weighted by Crippen LogP contribution is -2.22. The van der Waals surface area contributed by atoms with Crippen LogP contribution in [0.5, 0.6) is 5.88 Å². The van der Waals surface area contributed by atoms with Crippen molar-refractivity contribution in [2.24, 2.45) is 11.8 Å². The number of hydrogen-bond donors (Lipinski definition) is 0. The predicted octanol–water partition coefficient (Wildman–Crippen LogP) is 3.70. The second-order valence-electron chi connectivity index (χ2n) is 6.96. The summed E-state index contributed by atoms with van der Waals surface area (Å²) in [5, 5.41) is 0. The molecule has 1 aliphatic rings. The molecule has 0 spiro atoms. The molecule has 1 saturated carbocycles. The summed E-state index contributed by atoms with van der Waals surface area (Å²) in [4.78, 5) is 30.7. The lowest BCUT2D eigenvalue weighted by atomic mass is 9.81. The van der Waals surface area contributed by atoms with Crippen LogP contribution >= 0.6 is 0 Å². The van der Waals surface area contributed by atoms with E-state index in [1.807, 2.05) is 12.1 Å². The number of carbonyl (C=O) groups is 2. The van der Waals surface area contributed by atoms with Crippen molar-refractivity contribution < 1.29 is 19.1 Å². The summed E-state index contributed by atoms with van der Waals surface area (Å²) >= 11 is 0. The topological polar surface area (TPSA) is 78.4 Å². The van der Waals surface area contributed by atoms with Gasteiger partial charge in [0, 0.05) is 36.0 Å². The summed E-state index contributed by atoms with van der Waals surface area (Å²) in [6, 6.07) is 7.29. The number of pyridine rings is 2. The molecule has 0 unspecified atom stereocenters. The normalized spacial score (nSPS) is 19.3. The van der Waals surface area contributed by atoms with Crippen molar-refractivity contribution in [2.45, 2.75) is 32.1 Å². The zero-order valence-electron chi connectivity index (χ0n) is 15.5. The van der Waals surface area contributed by atoms with Gasteiger partial charge in [-0.1, -0.05) is 0 Å². The van der Waals surface area contributed by atoms with E-state index in [9.17, 15) is 9.59 Å². The third-order valence-electron chi connectivity index (χ3n) is 5.07. The Kier molecular flexibility index (Phi) is 6.52. The van der Waals surface area contributed by atoms with Crippen LogP contribution in [0, 0.1) is 11.8 Å². The molecule has 0 aliphatic heterocycles. The van der Waals surface area contributed by atoms with Crippen LogP contribution < -0.4 is 4.74 Å². The molecule has 1 aliphatic carbocycles. The summed E-state index contributed by atoms with van der Waals surface area (Å²) in [5.41, 5.74) is 2.19. The minimum absolute atomic E-state index is 0.116. The van der Waals surface area contributed by atoms with Gasteiger partial charge in [0.1, 0.15) is 0 Å². The Bertz CT molecular complexity index is 751. The van der Waals surface area contributed by atoms with Crippen molar-refractivity contribution in [2.75, 3.05) is 13.7 Å². The molecule has 0 saturated heterocycles. The summed E-state index contributed by atoms with van der Waals surface area (Å²) in [6.07, 6.45) is 8.77. The fraction of sp³-hybridized carbons (Fsp3) is 0.429. The fourth-order valence-corrected chi connectivity index (χ4v) is 3.39. The number of methoxy groups -OCH3 is 1. The fourth-order valence-electron chi connectivity index (χ4n) is 3.39. The molecule has 2 heterocycles. The van der Waals surface area contributed by atoms with E-state index < -0.39 is 0 Å². The minimum Gasteiger partial charge on any atom is -0.477 e. The van der Waals surface area contributed by atoms with Crippen LogP contribution in [0.25, 0.3) is 11.3 Å². The van der Waals surface area contributed by atoms with Gasteiger partial charge in [0.15, 0.2) is 6.29 Å². The van der Waals surface area contributed by atoms with E-state index in [0.29, 0.717) is 36.3 Å². The molecule has 0 radical (unpaired) electrons. The van der Waals surface area contributed by atoms with Gasteiger partial charge in [-0.3, -0.25) is 14.6 Å². The number of aromatic nitrogens is 2. The van der Waals surface area contributed by atoms with Crippen LogP contribution in [0.3, 0.4) is 0 Å².